The Bertz CT molecular complexity index is 948. The van der Waals surface area contributed by atoms with Crippen LogP contribution in [0.1, 0.15) is 16.1 Å². The van der Waals surface area contributed by atoms with Crippen LogP contribution in [0.15, 0.2) is 48.7 Å². The number of hydrogen-bond acceptors (Lipinski definition) is 4. The van der Waals surface area contributed by atoms with Crippen molar-refractivity contribution in [2.45, 2.75) is 6.54 Å². The number of halogens is 2. The Morgan fingerprint density at radius 1 is 1.35 bits per heavy atom. The number of H-pyrrole nitrogens is 1. The van der Waals surface area contributed by atoms with Gasteiger partial charge in [0.2, 0.25) is 0 Å². The predicted octanol–water partition coefficient (Wildman–Crippen LogP) is 3.28. The molecule has 2 heterocycles. The lowest BCUT2D eigenvalue weighted by molar-refractivity contribution is 0.0944. The lowest BCUT2D eigenvalue weighted by Crippen LogP contribution is -2.29. The summed E-state index contributed by atoms with van der Waals surface area (Å²) in [7, 11) is 0. The number of benzene rings is 1. The Labute approximate surface area is 146 Å². The fraction of sp³-hybridized carbons (Fsp3) is 0.0667. The number of fused-ring (bicyclic) bond motifs is 1. The molecule has 0 fully saturated rings. The van der Waals surface area contributed by atoms with Crippen molar-refractivity contribution in [1.82, 2.24) is 10.3 Å². The van der Waals surface area contributed by atoms with E-state index in [9.17, 15) is 14.7 Å². The largest absolute Gasteiger partial charge is 0.506 e. The number of hydrogen-bond donors (Lipinski definition) is 3. The number of furan rings is 1. The lowest BCUT2D eigenvalue weighted by atomic mass is 10.1. The highest BCUT2D eigenvalue weighted by molar-refractivity contribution is 9.11. The van der Waals surface area contributed by atoms with Crippen LogP contribution in [0.3, 0.4) is 0 Å². The second-order valence-corrected chi connectivity index (χ2v) is 6.52. The van der Waals surface area contributed by atoms with Crippen molar-refractivity contribution in [3.63, 3.8) is 0 Å². The van der Waals surface area contributed by atoms with Crippen LogP contribution in [0.5, 0.6) is 5.75 Å². The highest BCUT2D eigenvalue weighted by Gasteiger charge is 2.20. The van der Waals surface area contributed by atoms with Crippen molar-refractivity contribution in [1.29, 1.82) is 0 Å². The predicted molar refractivity (Wildman–Crippen MR) is 91.5 cm³/mol. The van der Waals surface area contributed by atoms with Gasteiger partial charge in [0.1, 0.15) is 17.1 Å². The fourth-order valence-electron chi connectivity index (χ4n) is 2.19. The zero-order chi connectivity index (χ0) is 16.6. The lowest BCUT2D eigenvalue weighted by Gasteiger charge is -2.09. The smallest absolute Gasteiger partial charge is 0.265 e. The average molecular weight is 442 g/mol. The third-order valence-corrected chi connectivity index (χ3v) is 4.33. The monoisotopic (exact) mass is 440 g/mol. The van der Waals surface area contributed by atoms with Gasteiger partial charge in [0.05, 0.1) is 18.3 Å². The molecule has 1 amide bonds. The average Bonchev–Trinajstić information content (AvgIpc) is 3.00. The number of carbonyl (C=O) groups is 1. The molecule has 0 saturated carbocycles. The first-order valence-electron chi connectivity index (χ1n) is 6.52. The molecule has 8 heteroatoms. The molecule has 3 rings (SSSR count). The number of aromatic hydroxyl groups is 1. The van der Waals surface area contributed by atoms with Crippen molar-refractivity contribution in [2.24, 2.45) is 0 Å². The molecule has 0 unspecified atom stereocenters. The molecule has 3 aromatic rings. The zero-order valence-corrected chi connectivity index (χ0v) is 14.7. The van der Waals surface area contributed by atoms with E-state index in [1.807, 2.05) is 0 Å². The molecule has 118 valence electrons. The molecule has 0 bridgehead atoms. The SMILES string of the molecule is O=C(NCc1ccco1)c1c(O)c2cc(Br)cc(Br)c2[nH]c1=O. The first kappa shape index (κ1) is 15.8. The van der Waals surface area contributed by atoms with Gasteiger partial charge in [-0.15, -0.1) is 0 Å². The highest BCUT2D eigenvalue weighted by Crippen LogP contribution is 2.32. The minimum Gasteiger partial charge on any atom is -0.506 e. The summed E-state index contributed by atoms with van der Waals surface area (Å²) in [6.45, 7) is 0.116. The molecule has 3 N–H and O–H groups in total. The maximum Gasteiger partial charge on any atom is 0.265 e. The minimum atomic E-state index is -0.682. The number of rotatable bonds is 3. The topological polar surface area (TPSA) is 95.3 Å². The highest BCUT2D eigenvalue weighted by atomic mass is 79.9. The van der Waals surface area contributed by atoms with Gasteiger partial charge in [0.25, 0.3) is 11.5 Å². The van der Waals surface area contributed by atoms with Gasteiger partial charge in [-0.05, 0) is 40.2 Å². The molecule has 0 saturated heterocycles. The van der Waals surface area contributed by atoms with E-state index in [0.29, 0.717) is 25.6 Å². The van der Waals surface area contributed by atoms with E-state index in [2.05, 4.69) is 42.2 Å². The molecule has 0 atom stereocenters. The Hall–Kier alpha value is -2.06. The second-order valence-electron chi connectivity index (χ2n) is 4.75. The molecule has 2 aromatic heterocycles. The third-order valence-electron chi connectivity index (χ3n) is 3.24. The van der Waals surface area contributed by atoms with Crippen molar-refractivity contribution < 1.29 is 14.3 Å². The molecule has 0 aliphatic heterocycles. The van der Waals surface area contributed by atoms with Crippen molar-refractivity contribution in [3.8, 4) is 5.75 Å². The van der Waals surface area contributed by atoms with Crippen LogP contribution in [0.4, 0.5) is 0 Å². The van der Waals surface area contributed by atoms with E-state index in [-0.39, 0.29) is 17.9 Å². The van der Waals surface area contributed by atoms with Gasteiger partial charge in [-0.3, -0.25) is 9.59 Å². The minimum absolute atomic E-state index is 0.116. The molecule has 0 radical (unpaired) electrons. The van der Waals surface area contributed by atoms with Gasteiger partial charge < -0.3 is 19.8 Å². The number of aromatic amines is 1. The molecular weight excluding hydrogens is 432 g/mol. The second kappa shape index (κ2) is 6.21. The summed E-state index contributed by atoms with van der Waals surface area (Å²) in [6, 6.07) is 6.73. The summed E-state index contributed by atoms with van der Waals surface area (Å²) in [5, 5.41) is 13.3. The Kier molecular flexibility index (Phi) is 4.27. The van der Waals surface area contributed by atoms with Gasteiger partial charge in [-0.25, -0.2) is 0 Å². The third kappa shape index (κ3) is 3.04. The first-order chi connectivity index (χ1) is 11.0. The van der Waals surface area contributed by atoms with Crippen LogP contribution >= 0.6 is 31.9 Å². The van der Waals surface area contributed by atoms with Crippen LogP contribution in [0, 0.1) is 0 Å². The van der Waals surface area contributed by atoms with Crippen LogP contribution in [-0.2, 0) is 6.54 Å². The fourth-order valence-corrected chi connectivity index (χ4v) is 3.51. The van der Waals surface area contributed by atoms with E-state index in [1.54, 1.807) is 24.3 Å². The quantitative estimate of drug-likeness (QED) is 0.581. The number of amides is 1. The van der Waals surface area contributed by atoms with Gasteiger partial charge >= 0.3 is 0 Å². The summed E-state index contributed by atoms with van der Waals surface area (Å²) in [4.78, 5) is 27.0. The van der Waals surface area contributed by atoms with Crippen molar-refractivity contribution >= 4 is 48.7 Å². The van der Waals surface area contributed by atoms with E-state index in [0.717, 1.165) is 0 Å². The van der Waals surface area contributed by atoms with Crippen LogP contribution in [0.25, 0.3) is 10.9 Å². The molecule has 0 spiro atoms. The first-order valence-corrected chi connectivity index (χ1v) is 8.10. The standard InChI is InChI=1S/C15H10Br2N2O4/c16-7-4-9-12(10(17)5-7)19-15(22)11(13(9)20)14(21)18-6-8-2-1-3-23-8/h1-5H,6H2,(H,18,21)(H2,19,20,22). The number of aromatic nitrogens is 1. The van der Waals surface area contributed by atoms with Crippen LogP contribution in [-0.4, -0.2) is 16.0 Å². The summed E-state index contributed by atoms with van der Waals surface area (Å²) in [5.74, 6) is -0.513. The zero-order valence-electron chi connectivity index (χ0n) is 11.5. The number of pyridine rings is 1. The van der Waals surface area contributed by atoms with Crippen molar-refractivity contribution in [3.05, 3.63) is 61.2 Å². The molecule has 0 aliphatic rings. The Morgan fingerprint density at radius 2 is 2.13 bits per heavy atom. The molecular formula is C15H10Br2N2O4. The Balaban J connectivity index is 2.03. The van der Waals surface area contributed by atoms with Gasteiger partial charge in [-0.2, -0.15) is 0 Å². The maximum atomic E-state index is 12.2. The van der Waals surface area contributed by atoms with E-state index in [1.165, 1.54) is 6.26 Å². The summed E-state index contributed by atoms with van der Waals surface area (Å²) in [6.07, 6.45) is 1.48. The van der Waals surface area contributed by atoms with Gasteiger partial charge in [0.15, 0.2) is 0 Å². The molecule has 23 heavy (non-hydrogen) atoms. The summed E-state index contributed by atoms with van der Waals surface area (Å²) < 4.78 is 6.40. The number of nitrogens with one attached hydrogen (secondary N) is 2. The molecule has 6 nitrogen and oxygen atoms in total. The van der Waals surface area contributed by atoms with Crippen LogP contribution in [0.2, 0.25) is 0 Å². The maximum absolute atomic E-state index is 12.2. The summed E-state index contributed by atoms with van der Waals surface area (Å²) in [5.41, 5.74) is -0.595. The van der Waals surface area contributed by atoms with E-state index >= 15 is 0 Å². The van der Waals surface area contributed by atoms with E-state index in [4.69, 9.17) is 4.42 Å². The van der Waals surface area contributed by atoms with Crippen LogP contribution < -0.4 is 10.9 Å². The normalized spacial score (nSPS) is 10.9. The number of carbonyl (C=O) groups excluding carboxylic acids is 1. The van der Waals surface area contributed by atoms with Crippen molar-refractivity contribution in [2.75, 3.05) is 0 Å². The van der Waals surface area contributed by atoms with Gasteiger partial charge in [-0.1, -0.05) is 15.9 Å². The van der Waals surface area contributed by atoms with Gasteiger partial charge in [0, 0.05) is 14.3 Å². The Morgan fingerprint density at radius 3 is 2.83 bits per heavy atom. The summed E-state index contributed by atoms with van der Waals surface area (Å²) >= 11 is 6.62. The molecule has 0 aliphatic carbocycles. The molecule has 1 aromatic carbocycles. The van der Waals surface area contributed by atoms with E-state index < -0.39 is 11.5 Å².